The Morgan fingerprint density at radius 1 is 1.30 bits per heavy atom. The molecule has 0 radical (unpaired) electrons. The average Bonchev–Trinajstić information content (AvgIpc) is 3.14. The molecule has 1 aromatic heterocycles. The Morgan fingerprint density at radius 3 is 2.70 bits per heavy atom. The summed E-state index contributed by atoms with van der Waals surface area (Å²) in [5, 5.41) is 4.40. The lowest BCUT2D eigenvalue weighted by molar-refractivity contribution is 0.421. The molecule has 30 heavy (non-hydrogen) atoms. The first kappa shape index (κ1) is 20.8. The van der Waals surface area contributed by atoms with E-state index >= 15 is 0 Å². The molecule has 0 spiro atoms. The van der Waals surface area contributed by atoms with E-state index < -0.39 is 21.7 Å². The van der Waals surface area contributed by atoms with Crippen LogP contribution in [-0.2, 0) is 22.8 Å². The molecule has 2 N–H and O–H groups in total. The molecule has 1 atom stereocenters. The van der Waals surface area contributed by atoms with Crippen molar-refractivity contribution in [1.82, 2.24) is 10.1 Å². The standard InChI is InChI=1S/C20H20ClFN4O3S/c1-2-19-24-20(29-25-19)15-7-17-18(8-16(15)22)30(27,28)11-14(23)10-26(17)9-12-3-5-13(21)6-4-12/h3-8,14H,2,9-11,23H2,1H3/t14-/m1/s1. The predicted octanol–water partition coefficient (Wildman–Crippen LogP) is 3.21. The van der Waals surface area contributed by atoms with Gasteiger partial charge in [-0.3, -0.25) is 0 Å². The van der Waals surface area contributed by atoms with E-state index in [9.17, 15) is 12.8 Å². The molecule has 0 amide bonds. The van der Waals surface area contributed by atoms with E-state index in [0.717, 1.165) is 11.6 Å². The number of aromatic nitrogens is 2. The highest BCUT2D eigenvalue weighted by Crippen LogP contribution is 2.36. The van der Waals surface area contributed by atoms with Gasteiger partial charge in [-0.25, -0.2) is 12.8 Å². The number of fused-ring (bicyclic) bond motifs is 1. The average molecular weight is 451 g/mol. The lowest BCUT2D eigenvalue weighted by Crippen LogP contribution is -2.39. The Kier molecular flexibility index (Phi) is 5.52. The molecule has 0 saturated heterocycles. The maximum atomic E-state index is 14.9. The molecule has 4 rings (SSSR count). The van der Waals surface area contributed by atoms with Crippen LogP contribution >= 0.6 is 11.6 Å². The number of nitrogens with zero attached hydrogens (tertiary/aromatic N) is 3. The number of anilines is 1. The lowest BCUT2D eigenvalue weighted by atomic mass is 10.1. The number of aryl methyl sites for hydroxylation is 1. The monoisotopic (exact) mass is 450 g/mol. The van der Waals surface area contributed by atoms with E-state index in [2.05, 4.69) is 10.1 Å². The zero-order chi connectivity index (χ0) is 21.5. The molecule has 7 nitrogen and oxygen atoms in total. The number of halogens is 2. The first-order valence-electron chi connectivity index (χ1n) is 9.41. The molecule has 0 unspecified atom stereocenters. The van der Waals surface area contributed by atoms with Crippen molar-refractivity contribution in [3.63, 3.8) is 0 Å². The normalized spacial score (nSPS) is 18.1. The molecular formula is C20H20ClFN4O3S. The number of sulfone groups is 1. The van der Waals surface area contributed by atoms with Crippen LogP contribution in [0.5, 0.6) is 0 Å². The molecule has 2 heterocycles. The Morgan fingerprint density at radius 2 is 2.03 bits per heavy atom. The summed E-state index contributed by atoms with van der Waals surface area (Å²) >= 11 is 5.96. The van der Waals surface area contributed by atoms with Crippen molar-refractivity contribution < 1.29 is 17.3 Å². The molecule has 158 valence electrons. The highest BCUT2D eigenvalue weighted by molar-refractivity contribution is 7.91. The van der Waals surface area contributed by atoms with Crippen LogP contribution in [0.15, 0.2) is 45.8 Å². The van der Waals surface area contributed by atoms with Gasteiger partial charge >= 0.3 is 0 Å². The van der Waals surface area contributed by atoms with Crippen LogP contribution in [0, 0.1) is 5.82 Å². The molecule has 1 aliphatic heterocycles. The smallest absolute Gasteiger partial charge is 0.260 e. The SMILES string of the molecule is CCc1noc(-c2cc3c(cc2F)S(=O)(=O)C[C@H](N)CN3Cc2ccc(Cl)cc2)n1. The minimum absolute atomic E-state index is 0.00420. The van der Waals surface area contributed by atoms with E-state index in [1.807, 2.05) is 24.0 Å². The van der Waals surface area contributed by atoms with Gasteiger partial charge < -0.3 is 15.2 Å². The van der Waals surface area contributed by atoms with Crippen molar-refractivity contribution >= 4 is 27.1 Å². The predicted molar refractivity (Wildman–Crippen MR) is 112 cm³/mol. The molecule has 2 aromatic carbocycles. The van der Waals surface area contributed by atoms with Gasteiger partial charge in [0.1, 0.15) is 5.82 Å². The third kappa shape index (κ3) is 4.05. The highest BCUT2D eigenvalue weighted by Gasteiger charge is 2.32. The summed E-state index contributed by atoms with van der Waals surface area (Å²) in [5.41, 5.74) is 7.40. The van der Waals surface area contributed by atoms with Crippen LogP contribution in [0.3, 0.4) is 0 Å². The van der Waals surface area contributed by atoms with Gasteiger partial charge in [-0.05, 0) is 29.8 Å². The van der Waals surface area contributed by atoms with Crippen LogP contribution < -0.4 is 10.6 Å². The van der Waals surface area contributed by atoms with Crippen molar-refractivity contribution in [1.29, 1.82) is 0 Å². The Labute approximate surface area is 178 Å². The summed E-state index contributed by atoms with van der Waals surface area (Å²) in [4.78, 5) is 5.91. The molecule has 1 aliphatic rings. The van der Waals surface area contributed by atoms with Gasteiger partial charge in [0, 0.05) is 30.6 Å². The quantitative estimate of drug-likeness (QED) is 0.651. The largest absolute Gasteiger partial charge is 0.365 e. The second-order valence-electron chi connectivity index (χ2n) is 7.22. The van der Waals surface area contributed by atoms with Crippen molar-refractivity contribution in [2.24, 2.45) is 5.73 Å². The molecular weight excluding hydrogens is 431 g/mol. The number of rotatable bonds is 4. The van der Waals surface area contributed by atoms with Crippen LogP contribution in [0.2, 0.25) is 5.02 Å². The maximum absolute atomic E-state index is 14.9. The summed E-state index contributed by atoms with van der Waals surface area (Å²) < 4.78 is 45.8. The second-order valence-corrected chi connectivity index (χ2v) is 9.66. The van der Waals surface area contributed by atoms with Crippen LogP contribution in [0.1, 0.15) is 18.3 Å². The van der Waals surface area contributed by atoms with E-state index in [1.165, 1.54) is 6.07 Å². The molecule has 3 aromatic rings. The van der Waals surface area contributed by atoms with Crippen molar-refractivity contribution in [2.75, 3.05) is 17.2 Å². The number of hydrogen-bond donors (Lipinski definition) is 1. The minimum Gasteiger partial charge on any atom is -0.365 e. The van der Waals surface area contributed by atoms with Crippen LogP contribution in [-0.4, -0.2) is 36.9 Å². The minimum atomic E-state index is -3.77. The topological polar surface area (TPSA) is 102 Å². The highest BCUT2D eigenvalue weighted by atomic mass is 35.5. The van der Waals surface area contributed by atoms with Gasteiger partial charge in [0.05, 0.1) is 21.9 Å². The fourth-order valence-electron chi connectivity index (χ4n) is 3.48. The summed E-state index contributed by atoms with van der Waals surface area (Å²) in [6.07, 6.45) is 0.530. The molecule has 0 bridgehead atoms. The van der Waals surface area contributed by atoms with E-state index in [-0.39, 0.29) is 28.6 Å². The zero-order valence-corrected chi connectivity index (χ0v) is 17.8. The third-order valence-corrected chi connectivity index (χ3v) is 7.03. The fraction of sp³-hybridized carbons (Fsp3) is 0.300. The molecule has 0 fully saturated rings. The van der Waals surface area contributed by atoms with Crippen LogP contribution in [0.25, 0.3) is 11.5 Å². The molecule has 0 aliphatic carbocycles. The zero-order valence-electron chi connectivity index (χ0n) is 16.2. The second kappa shape index (κ2) is 7.98. The maximum Gasteiger partial charge on any atom is 0.260 e. The molecule has 0 saturated carbocycles. The summed E-state index contributed by atoms with van der Waals surface area (Å²) in [6, 6.07) is 9.05. The van der Waals surface area contributed by atoms with Gasteiger partial charge in [0.15, 0.2) is 15.7 Å². The van der Waals surface area contributed by atoms with E-state index in [1.54, 1.807) is 12.1 Å². The van der Waals surface area contributed by atoms with Crippen molar-refractivity contribution in [2.45, 2.75) is 30.8 Å². The van der Waals surface area contributed by atoms with Gasteiger partial charge in [0.25, 0.3) is 5.89 Å². The van der Waals surface area contributed by atoms with Gasteiger partial charge in [0.2, 0.25) is 0 Å². The number of hydrogen-bond acceptors (Lipinski definition) is 7. The first-order chi connectivity index (χ1) is 14.3. The molecule has 10 heteroatoms. The summed E-state index contributed by atoms with van der Waals surface area (Å²) in [6.45, 7) is 2.51. The van der Waals surface area contributed by atoms with Gasteiger partial charge in [-0.15, -0.1) is 0 Å². The van der Waals surface area contributed by atoms with E-state index in [0.29, 0.717) is 29.5 Å². The van der Waals surface area contributed by atoms with Crippen molar-refractivity contribution in [3.05, 3.63) is 58.6 Å². The number of benzene rings is 2. The number of nitrogens with two attached hydrogens (primary N) is 1. The Hall–Kier alpha value is -2.49. The van der Waals surface area contributed by atoms with E-state index in [4.69, 9.17) is 21.9 Å². The Balaban J connectivity index is 1.84. The van der Waals surface area contributed by atoms with Crippen LogP contribution in [0.4, 0.5) is 10.1 Å². The lowest BCUT2D eigenvalue weighted by Gasteiger charge is -2.26. The fourth-order valence-corrected chi connectivity index (χ4v) is 5.24. The first-order valence-corrected chi connectivity index (χ1v) is 11.4. The summed E-state index contributed by atoms with van der Waals surface area (Å²) in [7, 11) is -3.77. The Bertz CT molecular complexity index is 1180. The summed E-state index contributed by atoms with van der Waals surface area (Å²) in [5.74, 6) is -0.571. The van der Waals surface area contributed by atoms with Gasteiger partial charge in [-0.2, -0.15) is 4.98 Å². The van der Waals surface area contributed by atoms with Crippen molar-refractivity contribution in [3.8, 4) is 11.5 Å². The van der Waals surface area contributed by atoms with Gasteiger partial charge in [-0.1, -0.05) is 35.8 Å². The third-order valence-electron chi connectivity index (χ3n) is 4.91.